The first kappa shape index (κ1) is 16.1. The van der Waals surface area contributed by atoms with Crippen molar-refractivity contribution in [3.8, 4) is 5.75 Å². The molecule has 0 radical (unpaired) electrons. The molecule has 0 amide bonds. The highest BCUT2D eigenvalue weighted by molar-refractivity contribution is 5.91. The minimum atomic E-state index is -0.539. The Balaban J connectivity index is 2.08. The summed E-state index contributed by atoms with van der Waals surface area (Å²) in [7, 11) is 1.35. The van der Waals surface area contributed by atoms with E-state index in [1.54, 1.807) is 18.2 Å². The summed E-state index contributed by atoms with van der Waals surface area (Å²) in [6.45, 7) is 5.94. The maximum Gasteiger partial charge on any atom is 0.338 e. The maximum atomic E-state index is 12.0. The lowest BCUT2D eigenvalue weighted by molar-refractivity contribution is -0.142. The average Bonchev–Trinajstić information content (AvgIpc) is 2.44. The van der Waals surface area contributed by atoms with E-state index in [1.165, 1.54) is 7.11 Å². The van der Waals surface area contributed by atoms with Crippen molar-refractivity contribution >= 4 is 17.6 Å². The van der Waals surface area contributed by atoms with Crippen LogP contribution in [0, 0.1) is 0 Å². The van der Waals surface area contributed by atoms with E-state index in [-0.39, 0.29) is 24.5 Å². The molecule has 1 heterocycles. The van der Waals surface area contributed by atoms with Gasteiger partial charge < -0.3 is 19.5 Å². The first-order valence-electron chi connectivity index (χ1n) is 7.13. The zero-order valence-corrected chi connectivity index (χ0v) is 13.3. The fraction of sp³-hybridized carbons (Fsp3) is 0.500. The topological polar surface area (TPSA) is 73.9 Å². The molecule has 0 aromatic heterocycles. The van der Waals surface area contributed by atoms with Gasteiger partial charge in [0.15, 0.2) is 0 Å². The number of hydrogen-bond acceptors (Lipinski definition) is 6. The normalized spacial score (nSPS) is 16.8. The van der Waals surface area contributed by atoms with Crippen LogP contribution >= 0.6 is 0 Å². The third-order valence-corrected chi connectivity index (χ3v) is 3.05. The second-order valence-corrected chi connectivity index (χ2v) is 6.11. The van der Waals surface area contributed by atoms with Crippen LogP contribution in [0.5, 0.6) is 5.75 Å². The van der Waals surface area contributed by atoms with Crippen LogP contribution in [0.1, 0.15) is 37.6 Å². The molecule has 22 heavy (non-hydrogen) atoms. The first-order valence-corrected chi connectivity index (χ1v) is 7.13. The summed E-state index contributed by atoms with van der Waals surface area (Å²) >= 11 is 0. The summed E-state index contributed by atoms with van der Waals surface area (Å²) in [5, 5.41) is 3.16. The molecule has 1 atom stereocenters. The van der Waals surface area contributed by atoms with Crippen LogP contribution in [0.3, 0.4) is 0 Å². The molecule has 1 N–H and O–H groups in total. The van der Waals surface area contributed by atoms with Crippen LogP contribution in [0.15, 0.2) is 18.2 Å². The van der Waals surface area contributed by atoms with E-state index >= 15 is 0 Å². The van der Waals surface area contributed by atoms with E-state index in [2.05, 4.69) is 10.1 Å². The number of nitrogens with one attached hydrogen (secondary N) is 1. The Hall–Kier alpha value is -2.24. The second kappa shape index (κ2) is 6.25. The van der Waals surface area contributed by atoms with Gasteiger partial charge in [-0.3, -0.25) is 4.79 Å². The number of methoxy groups -OCH3 is 1. The average molecular weight is 307 g/mol. The largest absolute Gasteiger partial charge is 0.486 e. The summed E-state index contributed by atoms with van der Waals surface area (Å²) in [6, 6.07) is 5.04. The van der Waals surface area contributed by atoms with E-state index in [9.17, 15) is 9.59 Å². The van der Waals surface area contributed by atoms with Crippen molar-refractivity contribution in [2.45, 2.75) is 38.9 Å². The first-order chi connectivity index (χ1) is 10.3. The molecule has 120 valence electrons. The molecule has 1 aromatic carbocycles. The fourth-order valence-corrected chi connectivity index (χ4v) is 2.06. The Morgan fingerprint density at radius 2 is 2.09 bits per heavy atom. The molecule has 1 aliphatic rings. The smallest absolute Gasteiger partial charge is 0.338 e. The highest BCUT2D eigenvalue weighted by atomic mass is 16.6. The minimum absolute atomic E-state index is 0.177. The minimum Gasteiger partial charge on any atom is -0.486 e. The summed E-state index contributed by atoms with van der Waals surface area (Å²) in [6.07, 6.45) is -0.108. The number of carbonyl (C=O) groups excluding carboxylic acids is 2. The van der Waals surface area contributed by atoms with E-state index in [1.807, 2.05) is 20.8 Å². The Kier molecular flexibility index (Phi) is 4.59. The van der Waals surface area contributed by atoms with Gasteiger partial charge in [0.2, 0.25) is 0 Å². The van der Waals surface area contributed by atoms with Crippen molar-refractivity contribution in [1.82, 2.24) is 0 Å². The maximum absolute atomic E-state index is 12.0. The van der Waals surface area contributed by atoms with Crippen molar-refractivity contribution in [1.29, 1.82) is 0 Å². The molecule has 0 spiro atoms. The van der Waals surface area contributed by atoms with Gasteiger partial charge in [0.05, 0.1) is 31.3 Å². The van der Waals surface area contributed by atoms with Gasteiger partial charge in [0.25, 0.3) is 0 Å². The molecule has 6 heteroatoms. The number of ether oxygens (including phenoxy) is 3. The van der Waals surface area contributed by atoms with Gasteiger partial charge in [-0.05, 0) is 39.0 Å². The van der Waals surface area contributed by atoms with Crippen LogP contribution in [0.2, 0.25) is 0 Å². The predicted molar refractivity (Wildman–Crippen MR) is 81.1 cm³/mol. The lowest BCUT2D eigenvalue weighted by Crippen LogP contribution is -2.33. The third kappa shape index (κ3) is 4.13. The highest BCUT2D eigenvalue weighted by Gasteiger charge is 2.24. The van der Waals surface area contributed by atoms with Gasteiger partial charge in [0.1, 0.15) is 17.5 Å². The molecule has 0 saturated carbocycles. The van der Waals surface area contributed by atoms with Gasteiger partial charge >= 0.3 is 11.9 Å². The zero-order chi connectivity index (χ0) is 16.3. The number of esters is 2. The lowest BCUT2D eigenvalue weighted by Gasteiger charge is -2.27. The molecular formula is C16H21NO5. The van der Waals surface area contributed by atoms with Crippen LogP contribution in [-0.4, -0.2) is 37.3 Å². The number of rotatable bonds is 3. The Morgan fingerprint density at radius 1 is 1.36 bits per heavy atom. The number of benzene rings is 1. The van der Waals surface area contributed by atoms with E-state index in [4.69, 9.17) is 9.47 Å². The standard InChI is InChI=1S/C16H21NO5/c1-16(2,3)22-15(19)10-5-6-13-12(7-10)17-9-11(21-13)8-14(18)20-4/h5-7,11,17H,8-9H2,1-4H3. The number of anilines is 1. The van der Waals surface area contributed by atoms with Crippen LogP contribution in [-0.2, 0) is 14.3 Å². The molecule has 0 bridgehead atoms. The lowest BCUT2D eigenvalue weighted by atomic mass is 10.1. The van der Waals surface area contributed by atoms with Gasteiger partial charge in [-0.2, -0.15) is 0 Å². The van der Waals surface area contributed by atoms with E-state index in [0.717, 1.165) is 0 Å². The number of hydrogen-bond donors (Lipinski definition) is 1. The summed E-state index contributed by atoms with van der Waals surface area (Å²) in [4.78, 5) is 23.3. The van der Waals surface area contributed by atoms with Crippen LogP contribution in [0.4, 0.5) is 5.69 Å². The fourth-order valence-electron chi connectivity index (χ4n) is 2.06. The van der Waals surface area contributed by atoms with Crippen molar-refractivity contribution in [3.05, 3.63) is 23.8 Å². The highest BCUT2D eigenvalue weighted by Crippen LogP contribution is 2.31. The molecule has 1 aromatic rings. The van der Waals surface area contributed by atoms with Crippen LogP contribution in [0.25, 0.3) is 0 Å². The zero-order valence-electron chi connectivity index (χ0n) is 13.3. The quantitative estimate of drug-likeness (QED) is 0.864. The van der Waals surface area contributed by atoms with Crippen molar-refractivity contribution < 1.29 is 23.8 Å². The number of carbonyl (C=O) groups is 2. The molecule has 1 unspecified atom stereocenters. The molecule has 1 aliphatic heterocycles. The molecule has 0 aliphatic carbocycles. The molecular weight excluding hydrogens is 286 g/mol. The van der Waals surface area contributed by atoms with Crippen LogP contribution < -0.4 is 10.1 Å². The summed E-state index contributed by atoms with van der Waals surface area (Å²) in [5.74, 6) is -0.0955. The Morgan fingerprint density at radius 3 is 2.73 bits per heavy atom. The van der Waals surface area contributed by atoms with E-state index in [0.29, 0.717) is 23.5 Å². The van der Waals surface area contributed by atoms with Gasteiger partial charge in [0, 0.05) is 0 Å². The Labute approximate surface area is 129 Å². The second-order valence-electron chi connectivity index (χ2n) is 6.11. The van der Waals surface area contributed by atoms with Crippen molar-refractivity contribution in [3.63, 3.8) is 0 Å². The number of fused-ring (bicyclic) bond motifs is 1. The molecule has 2 rings (SSSR count). The van der Waals surface area contributed by atoms with Gasteiger partial charge in [-0.1, -0.05) is 0 Å². The Bertz CT molecular complexity index is 576. The summed E-state index contributed by atoms with van der Waals surface area (Å²) < 4.78 is 15.7. The van der Waals surface area contributed by atoms with Crippen molar-refractivity contribution in [2.75, 3.05) is 19.0 Å². The van der Waals surface area contributed by atoms with Crippen molar-refractivity contribution in [2.24, 2.45) is 0 Å². The van der Waals surface area contributed by atoms with E-state index < -0.39 is 5.60 Å². The molecule has 0 saturated heterocycles. The monoisotopic (exact) mass is 307 g/mol. The van der Waals surface area contributed by atoms with Gasteiger partial charge in [-0.25, -0.2) is 4.79 Å². The third-order valence-electron chi connectivity index (χ3n) is 3.05. The van der Waals surface area contributed by atoms with Gasteiger partial charge in [-0.15, -0.1) is 0 Å². The summed E-state index contributed by atoms with van der Waals surface area (Å²) in [5.41, 5.74) is 0.628. The predicted octanol–water partition coefficient (Wildman–Crippen LogP) is 2.38. The SMILES string of the molecule is COC(=O)CC1CNc2cc(C(=O)OC(C)(C)C)ccc2O1. The molecule has 6 nitrogen and oxygen atoms in total. The molecule has 0 fully saturated rings.